The van der Waals surface area contributed by atoms with E-state index in [4.69, 9.17) is 4.52 Å². The molecule has 0 bridgehead atoms. The molecular formula is C15H21N3O3. The zero-order valence-corrected chi connectivity index (χ0v) is 12.1. The SMILES string of the molecule is CCC(CO)(CO)NCc1nc(Cc2ccccc2)no1. The zero-order valence-electron chi connectivity index (χ0n) is 12.1. The lowest BCUT2D eigenvalue weighted by molar-refractivity contribution is 0.0838. The molecule has 2 rings (SSSR count). The Bertz CT molecular complexity index is 530. The van der Waals surface area contributed by atoms with E-state index in [0.717, 1.165) is 5.56 Å². The molecule has 0 aliphatic rings. The molecule has 0 unspecified atom stereocenters. The van der Waals surface area contributed by atoms with E-state index in [1.165, 1.54) is 0 Å². The van der Waals surface area contributed by atoms with E-state index in [9.17, 15) is 10.2 Å². The van der Waals surface area contributed by atoms with Crippen molar-refractivity contribution in [3.05, 3.63) is 47.6 Å². The number of nitrogens with one attached hydrogen (secondary N) is 1. The van der Waals surface area contributed by atoms with Crippen LogP contribution in [0.3, 0.4) is 0 Å². The predicted octanol–water partition coefficient (Wildman–Crippen LogP) is 0.883. The summed E-state index contributed by atoms with van der Waals surface area (Å²) in [6.45, 7) is 1.92. The Labute approximate surface area is 123 Å². The maximum Gasteiger partial charge on any atom is 0.240 e. The van der Waals surface area contributed by atoms with Gasteiger partial charge >= 0.3 is 0 Å². The highest BCUT2D eigenvalue weighted by atomic mass is 16.5. The Balaban J connectivity index is 1.94. The second-order valence-corrected chi connectivity index (χ2v) is 5.07. The Morgan fingerprint density at radius 3 is 2.52 bits per heavy atom. The highest BCUT2D eigenvalue weighted by molar-refractivity contribution is 5.18. The fraction of sp³-hybridized carbons (Fsp3) is 0.467. The summed E-state index contributed by atoms with van der Waals surface area (Å²) in [7, 11) is 0. The molecule has 0 saturated carbocycles. The van der Waals surface area contributed by atoms with Crippen LogP contribution in [0.5, 0.6) is 0 Å². The molecule has 0 aliphatic heterocycles. The van der Waals surface area contributed by atoms with E-state index in [-0.39, 0.29) is 13.2 Å². The Morgan fingerprint density at radius 1 is 1.19 bits per heavy atom. The fourth-order valence-corrected chi connectivity index (χ4v) is 1.99. The van der Waals surface area contributed by atoms with Gasteiger partial charge in [0, 0.05) is 6.42 Å². The van der Waals surface area contributed by atoms with Crippen LogP contribution in [0.2, 0.25) is 0 Å². The molecule has 0 saturated heterocycles. The van der Waals surface area contributed by atoms with Gasteiger partial charge in [0.1, 0.15) is 0 Å². The van der Waals surface area contributed by atoms with Gasteiger partial charge in [-0.25, -0.2) is 0 Å². The lowest BCUT2D eigenvalue weighted by atomic mass is 9.99. The van der Waals surface area contributed by atoms with Crippen LogP contribution >= 0.6 is 0 Å². The number of hydrogen-bond donors (Lipinski definition) is 3. The second-order valence-electron chi connectivity index (χ2n) is 5.07. The van der Waals surface area contributed by atoms with Gasteiger partial charge in [-0.05, 0) is 12.0 Å². The molecule has 0 atom stereocenters. The van der Waals surface area contributed by atoms with E-state index >= 15 is 0 Å². The molecule has 1 heterocycles. The summed E-state index contributed by atoms with van der Waals surface area (Å²) >= 11 is 0. The van der Waals surface area contributed by atoms with Crippen LogP contribution in [0.15, 0.2) is 34.9 Å². The first-order valence-electron chi connectivity index (χ1n) is 7.03. The number of aromatic nitrogens is 2. The topological polar surface area (TPSA) is 91.4 Å². The molecule has 0 aliphatic carbocycles. The van der Waals surface area contributed by atoms with E-state index < -0.39 is 5.54 Å². The first-order valence-corrected chi connectivity index (χ1v) is 7.03. The molecule has 0 amide bonds. The number of nitrogens with zero attached hydrogens (tertiary/aromatic N) is 2. The van der Waals surface area contributed by atoms with Crippen molar-refractivity contribution in [1.82, 2.24) is 15.5 Å². The smallest absolute Gasteiger partial charge is 0.240 e. The van der Waals surface area contributed by atoms with Crippen LogP contribution in [0.1, 0.15) is 30.6 Å². The van der Waals surface area contributed by atoms with Crippen molar-refractivity contribution in [2.75, 3.05) is 13.2 Å². The van der Waals surface area contributed by atoms with E-state index in [1.54, 1.807) is 0 Å². The van der Waals surface area contributed by atoms with Crippen molar-refractivity contribution >= 4 is 0 Å². The van der Waals surface area contributed by atoms with Crippen LogP contribution in [-0.2, 0) is 13.0 Å². The molecule has 1 aromatic heterocycles. The third-order valence-corrected chi connectivity index (χ3v) is 3.61. The molecule has 1 aromatic carbocycles. The minimum atomic E-state index is -0.714. The van der Waals surface area contributed by atoms with Gasteiger partial charge in [0.25, 0.3) is 0 Å². The first kappa shape index (κ1) is 15.6. The van der Waals surface area contributed by atoms with Gasteiger partial charge in [0.05, 0.1) is 25.3 Å². The van der Waals surface area contributed by atoms with Gasteiger partial charge in [0.15, 0.2) is 5.82 Å². The third kappa shape index (κ3) is 4.10. The summed E-state index contributed by atoms with van der Waals surface area (Å²) in [5, 5.41) is 25.7. The van der Waals surface area contributed by atoms with Crippen molar-refractivity contribution in [1.29, 1.82) is 0 Å². The van der Waals surface area contributed by atoms with Gasteiger partial charge < -0.3 is 14.7 Å². The Morgan fingerprint density at radius 2 is 1.90 bits per heavy atom. The molecule has 6 heteroatoms. The number of hydrogen-bond acceptors (Lipinski definition) is 6. The molecule has 6 nitrogen and oxygen atoms in total. The maximum atomic E-state index is 9.37. The fourth-order valence-electron chi connectivity index (χ4n) is 1.99. The third-order valence-electron chi connectivity index (χ3n) is 3.61. The normalized spacial score (nSPS) is 11.8. The number of benzene rings is 1. The zero-order chi connectivity index (χ0) is 15.1. The van der Waals surface area contributed by atoms with Gasteiger partial charge in [-0.3, -0.25) is 5.32 Å². The summed E-state index contributed by atoms with van der Waals surface area (Å²) in [6.07, 6.45) is 1.22. The monoisotopic (exact) mass is 291 g/mol. The summed E-state index contributed by atoms with van der Waals surface area (Å²) in [4.78, 5) is 4.31. The number of aliphatic hydroxyl groups is 2. The van der Waals surface area contributed by atoms with Crippen LogP contribution in [-0.4, -0.2) is 39.1 Å². The van der Waals surface area contributed by atoms with Crippen molar-refractivity contribution in [3.63, 3.8) is 0 Å². The number of rotatable bonds is 8. The molecule has 2 aromatic rings. The minimum absolute atomic E-state index is 0.148. The van der Waals surface area contributed by atoms with Gasteiger partial charge in [-0.15, -0.1) is 0 Å². The van der Waals surface area contributed by atoms with E-state index in [2.05, 4.69) is 15.5 Å². The summed E-state index contributed by atoms with van der Waals surface area (Å²) in [6, 6.07) is 9.91. The van der Waals surface area contributed by atoms with Crippen LogP contribution in [0.4, 0.5) is 0 Å². The van der Waals surface area contributed by atoms with Gasteiger partial charge in [0.2, 0.25) is 5.89 Å². The Hall–Kier alpha value is -1.76. The van der Waals surface area contributed by atoms with E-state index in [0.29, 0.717) is 31.1 Å². The van der Waals surface area contributed by atoms with Crippen molar-refractivity contribution in [2.45, 2.75) is 31.8 Å². The quantitative estimate of drug-likeness (QED) is 0.669. The highest BCUT2D eigenvalue weighted by Gasteiger charge is 2.26. The molecule has 0 spiro atoms. The highest BCUT2D eigenvalue weighted by Crippen LogP contribution is 2.11. The molecule has 0 fully saturated rings. The molecule has 3 N–H and O–H groups in total. The minimum Gasteiger partial charge on any atom is -0.394 e. The summed E-state index contributed by atoms with van der Waals surface area (Å²) in [5.41, 5.74) is 0.403. The van der Waals surface area contributed by atoms with Crippen molar-refractivity contribution in [3.8, 4) is 0 Å². The molecular weight excluding hydrogens is 270 g/mol. The average Bonchev–Trinajstić information content (AvgIpc) is 2.98. The average molecular weight is 291 g/mol. The van der Waals surface area contributed by atoms with E-state index in [1.807, 2.05) is 37.3 Å². The van der Waals surface area contributed by atoms with Crippen molar-refractivity contribution < 1.29 is 14.7 Å². The van der Waals surface area contributed by atoms with Crippen LogP contribution < -0.4 is 5.32 Å². The van der Waals surface area contributed by atoms with Crippen LogP contribution in [0.25, 0.3) is 0 Å². The molecule has 0 radical (unpaired) electrons. The summed E-state index contributed by atoms with van der Waals surface area (Å²) in [5.74, 6) is 1.06. The maximum absolute atomic E-state index is 9.37. The Kier molecular flexibility index (Phi) is 5.44. The summed E-state index contributed by atoms with van der Waals surface area (Å²) < 4.78 is 5.18. The lowest BCUT2D eigenvalue weighted by Crippen LogP contribution is -2.50. The number of aliphatic hydroxyl groups excluding tert-OH is 2. The second kappa shape index (κ2) is 7.31. The van der Waals surface area contributed by atoms with Crippen LogP contribution in [0, 0.1) is 0 Å². The lowest BCUT2D eigenvalue weighted by Gasteiger charge is -2.28. The first-order chi connectivity index (χ1) is 10.2. The van der Waals surface area contributed by atoms with Crippen molar-refractivity contribution in [2.24, 2.45) is 0 Å². The molecule has 21 heavy (non-hydrogen) atoms. The van der Waals surface area contributed by atoms with Gasteiger partial charge in [-0.1, -0.05) is 42.4 Å². The molecule has 114 valence electrons. The standard InChI is InChI=1S/C15H21N3O3/c1-2-15(10-19,11-20)16-9-14-17-13(18-21-14)8-12-6-4-3-5-7-12/h3-7,16,19-20H,2,8-11H2,1H3. The predicted molar refractivity (Wildman–Crippen MR) is 77.6 cm³/mol. The van der Waals surface area contributed by atoms with Gasteiger partial charge in [-0.2, -0.15) is 4.98 Å². The largest absolute Gasteiger partial charge is 0.394 e.